The van der Waals surface area contributed by atoms with Crippen molar-refractivity contribution in [2.24, 2.45) is 0 Å². The third-order valence-corrected chi connectivity index (χ3v) is 5.68. The van der Waals surface area contributed by atoms with Gasteiger partial charge >= 0.3 is 0 Å². The summed E-state index contributed by atoms with van der Waals surface area (Å²) in [5, 5.41) is 3.80. The van der Waals surface area contributed by atoms with E-state index in [1.54, 1.807) is 24.0 Å². The number of unbranched alkanes of at least 4 members (excludes halogenated alkanes) is 1. The lowest BCUT2D eigenvalue weighted by Crippen LogP contribution is -2.48. The molecule has 0 heterocycles. The van der Waals surface area contributed by atoms with Crippen molar-refractivity contribution in [1.82, 2.24) is 10.2 Å². The lowest BCUT2D eigenvalue weighted by atomic mass is 10.0. The minimum absolute atomic E-state index is 0.108. The molecule has 2 aromatic rings. The number of carbonyl (C=O) groups is 2. The molecule has 2 rings (SSSR count). The highest BCUT2D eigenvalue weighted by Gasteiger charge is 2.26. The highest BCUT2D eigenvalue weighted by molar-refractivity contribution is 6.42. The average molecular weight is 435 g/mol. The summed E-state index contributed by atoms with van der Waals surface area (Å²) in [7, 11) is 0. The van der Waals surface area contributed by atoms with E-state index in [1.807, 2.05) is 37.3 Å². The van der Waals surface area contributed by atoms with Gasteiger partial charge in [0, 0.05) is 13.1 Å². The Labute approximate surface area is 183 Å². The van der Waals surface area contributed by atoms with Crippen molar-refractivity contribution in [3.63, 3.8) is 0 Å². The first-order chi connectivity index (χ1) is 13.8. The minimum Gasteiger partial charge on any atom is -0.354 e. The summed E-state index contributed by atoms with van der Waals surface area (Å²) >= 11 is 12.2. The maximum absolute atomic E-state index is 13.2. The zero-order valence-corrected chi connectivity index (χ0v) is 18.7. The fourth-order valence-electron chi connectivity index (χ4n) is 3.03. The normalized spacial score (nSPS) is 11.8. The molecule has 0 spiro atoms. The van der Waals surface area contributed by atoms with E-state index >= 15 is 0 Å². The molecule has 0 aromatic heterocycles. The van der Waals surface area contributed by atoms with Crippen molar-refractivity contribution in [2.45, 2.75) is 52.6 Å². The van der Waals surface area contributed by atoms with Gasteiger partial charge in [0.15, 0.2) is 0 Å². The maximum atomic E-state index is 13.2. The minimum atomic E-state index is -0.599. The van der Waals surface area contributed by atoms with Crippen LogP contribution in [-0.4, -0.2) is 29.3 Å². The van der Waals surface area contributed by atoms with Gasteiger partial charge in [-0.2, -0.15) is 0 Å². The van der Waals surface area contributed by atoms with Crippen molar-refractivity contribution in [2.75, 3.05) is 6.54 Å². The van der Waals surface area contributed by atoms with Gasteiger partial charge in [0.05, 0.1) is 16.5 Å². The second-order valence-electron chi connectivity index (χ2n) is 7.19. The number of nitrogens with one attached hydrogen (secondary N) is 1. The smallest absolute Gasteiger partial charge is 0.242 e. The van der Waals surface area contributed by atoms with Gasteiger partial charge in [-0.3, -0.25) is 9.59 Å². The van der Waals surface area contributed by atoms with Crippen LogP contribution < -0.4 is 5.32 Å². The summed E-state index contributed by atoms with van der Waals surface area (Å²) in [5.74, 6) is -0.264. The number of halogens is 2. The largest absolute Gasteiger partial charge is 0.354 e. The quantitative estimate of drug-likeness (QED) is 0.552. The Bertz CT molecular complexity index is 855. The molecule has 2 amide bonds. The Balaban J connectivity index is 2.23. The molecule has 2 aromatic carbocycles. The molecule has 0 bridgehead atoms. The Morgan fingerprint density at radius 1 is 1.10 bits per heavy atom. The molecule has 4 nitrogen and oxygen atoms in total. The number of amides is 2. The van der Waals surface area contributed by atoms with Gasteiger partial charge < -0.3 is 10.2 Å². The predicted molar refractivity (Wildman–Crippen MR) is 119 cm³/mol. The summed E-state index contributed by atoms with van der Waals surface area (Å²) in [6.45, 7) is 6.69. The molecule has 0 saturated heterocycles. The zero-order valence-electron chi connectivity index (χ0n) is 17.2. The average Bonchev–Trinajstić information content (AvgIpc) is 2.70. The van der Waals surface area contributed by atoms with Crippen LogP contribution in [0.2, 0.25) is 10.0 Å². The van der Waals surface area contributed by atoms with Crippen LogP contribution in [0.4, 0.5) is 0 Å². The fourth-order valence-corrected chi connectivity index (χ4v) is 3.35. The first-order valence-electron chi connectivity index (χ1n) is 9.89. The van der Waals surface area contributed by atoms with Gasteiger partial charge in [0.25, 0.3) is 0 Å². The SMILES string of the molecule is CCCCNC(=O)[C@H](C)N(Cc1ccc(Cl)c(Cl)c1)C(=O)Cc1ccccc1C. The van der Waals surface area contributed by atoms with Crippen LogP contribution in [0.25, 0.3) is 0 Å². The standard InChI is InChI=1S/C23H28Cl2N2O2/c1-4-5-12-26-23(29)17(3)27(15-18-10-11-20(24)21(25)13-18)22(28)14-19-9-7-6-8-16(19)2/h6-11,13,17H,4-5,12,14-15H2,1-3H3,(H,26,29)/t17-/m0/s1. The fraction of sp³-hybridized carbons (Fsp3) is 0.391. The molecule has 1 atom stereocenters. The van der Waals surface area contributed by atoms with Crippen LogP contribution in [0.3, 0.4) is 0 Å². The van der Waals surface area contributed by atoms with Crippen LogP contribution in [0.5, 0.6) is 0 Å². The Hall–Kier alpha value is -2.04. The second kappa shape index (κ2) is 11.2. The van der Waals surface area contributed by atoms with Crippen LogP contribution in [0.1, 0.15) is 43.4 Å². The van der Waals surface area contributed by atoms with Crippen LogP contribution >= 0.6 is 23.2 Å². The molecule has 156 valence electrons. The summed E-state index contributed by atoms with van der Waals surface area (Å²) in [5.41, 5.74) is 2.83. The molecule has 0 aliphatic rings. The van der Waals surface area contributed by atoms with Gasteiger partial charge in [-0.25, -0.2) is 0 Å². The molecule has 0 saturated carbocycles. The lowest BCUT2D eigenvalue weighted by Gasteiger charge is -2.29. The Morgan fingerprint density at radius 2 is 1.83 bits per heavy atom. The summed E-state index contributed by atoms with van der Waals surface area (Å²) < 4.78 is 0. The number of aryl methyl sites for hydroxylation is 1. The van der Waals surface area contributed by atoms with Gasteiger partial charge in [0.1, 0.15) is 6.04 Å². The number of nitrogens with zero attached hydrogens (tertiary/aromatic N) is 1. The maximum Gasteiger partial charge on any atom is 0.242 e. The van der Waals surface area contributed by atoms with E-state index in [2.05, 4.69) is 12.2 Å². The van der Waals surface area contributed by atoms with Gasteiger partial charge in [-0.15, -0.1) is 0 Å². The van der Waals surface area contributed by atoms with Crippen molar-refractivity contribution in [1.29, 1.82) is 0 Å². The molecule has 29 heavy (non-hydrogen) atoms. The van der Waals surface area contributed by atoms with Crippen LogP contribution in [0.15, 0.2) is 42.5 Å². The topological polar surface area (TPSA) is 49.4 Å². The first kappa shape index (κ1) is 23.2. The number of carbonyl (C=O) groups excluding carboxylic acids is 2. The second-order valence-corrected chi connectivity index (χ2v) is 8.01. The zero-order chi connectivity index (χ0) is 21.4. The van der Waals surface area contributed by atoms with E-state index in [-0.39, 0.29) is 24.8 Å². The first-order valence-corrected chi connectivity index (χ1v) is 10.6. The van der Waals surface area contributed by atoms with Crippen molar-refractivity contribution < 1.29 is 9.59 Å². The van der Waals surface area contributed by atoms with E-state index < -0.39 is 6.04 Å². The van der Waals surface area contributed by atoms with Gasteiger partial charge in [-0.05, 0) is 49.1 Å². The van der Waals surface area contributed by atoms with Crippen LogP contribution in [-0.2, 0) is 22.6 Å². The molecule has 0 unspecified atom stereocenters. The highest BCUT2D eigenvalue weighted by atomic mass is 35.5. The lowest BCUT2D eigenvalue weighted by molar-refractivity contribution is -0.140. The van der Waals surface area contributed by atoms with Crippen molar-refractivity contribution in [3.8, 4) is 0 Å². The monoisotopic (exact) mass is 434 g/mol. The van der Waals surface area contributed by atoms with Gasteiger partial charge in [0.2, 0.25) is 11.8 Å². The third kappa shape index (κ3) is 6.76. The molecule has 1 N–H and O–H groups in total. The van der Waals surface area contributed by atoms with E-state index in [0.717, 1.165) is 29.5 Å². The van der Waals surface area contributed by atoms with Crippen molar-refractivity contribution >= 4 is 35.0 Å². The highest BCUT2D eigenvalue weighted by Crippen LogP contribution is 2.24. The molecule has 0 radical (unpaired) electrons. The Morgan fingerprint density at radius 3 is 2.48 bits per heavy atom. The van der Waals surface area contributed by atoms with E-state index in [9.17, 15) is 9.59 Å². The number of hydrogen-bond donors (Lipinski definition) is 1. The summed E-state index contributed by atoms with van der Waals surface area (Å²) in [4.78, 5) is 27.4. The van der Waals surface area contributed by atoms with E-state index in [0.29, 0.717) is 16.6 Å². The Kier molecular flexibility index (Phi) is 8.99. The number of hydrogen-bond acceptors (Lipinski definition) is 2. The van der Waals surface area contributed by atoms with E-state index in [4.69, 9.17) is 23.2 Å². The molecular weight excluding hydrogens is 407 g/mol. The number of rotatable bonds is 9. The molecule has 6 heteroatoms. The molecule has 0 aliphatic heterocycles. The van der Waals surface area contributed by atoms with E-state index in [1.165, 1.54) is 0 Å². The third-order valence-electron chi connectivity index (χ3n) is 4.94. The molecule has 0 fully saturated rings. The molecule has 0 aliphatic carbocycles. The summed E-state index contributed by atoms with van der Waals surface area (Å²) in [6, 6.07) is 12.4. The van der Waals surface area contributed by atoms with Gasteiger partial charge in [-0.1, -0.05) is 66.9 Å². The van der Waals surface area contributed by atoms with Crippen LogP contribution in [0, 0.1) is 6.92 Å². The predicted octanol–water partition coefficient (Wildman–Crippen LogP) is 5.18. The molecular formula is C23H28Cl2N2O2. The van der Waals surface area contributed by atoms with Crippen molar-refractivity contribution in [3.05, 3.63) is 69.2 Å². The number of benzene rings is 2. The summed E-state index contributed by atoms with van der Waals surface area (Å²) in [6.07, 6.45) is 2.14.